The van der Waals surface area contributed by atoms with Gasteiger partial charge in [-0.2, -0.15) is 5.26 Å². The third kappa shape index (κ3) is 3.35. The van der Waals surface area contributed by atoms with Crippen LogP contribution in [0, 0.1) is 11.3 Å². The normalized spacial score (nSPS) is 9.06. The number of hydrogen-bond donors (Lipinski definition) is 0. The third-order valence-corrected chi connectivity index (χ3v) is 3.10. The fourth-order valence-corrected chi connectivity index (χ4v) is 2.43. The quantitative estimate of drug-likeness (QED) is 0.664. The highest BCUT2D eigenvalue weighted by Gasteiger charge is 2.09. The molecule has 0 spiro atoms. The topological polar surface area (TPSA) is 23.8 Å². The van der Waals surface area contributed by atoms with E-state index < -0.39 is 0 Å². The molecule has 0 N–H and O–H groups in total. The summed E-state index contributed by atoms with van der Waals surface area (Å²) in [7, 11) is 0. The van der Waals surface area contributed by atoms with Crippen LogP contribution in [0.4, 0.5) is 0 Å². The lowest BCUT2D eigenvalue weighted by atomic mass is 10.0. The molecule has 0 aliphatic carbocycles. The van der Waals surface area contributed by atoms with Gasteiger partial charge in [0.2, 0.25) is 0 Å². The second kappa shape index (κ2) is 7.20. The van der Waals surface area contributed by atoms with Crippen molar-refractivity contribution >= 4 is 27.5 Å². The Balaban J connectivity index is 0.000000771. The minimum atomic E-state index is 0.607. The standard InChI is InChI=1S/C13H7BrClN.C2H6/c14-13-7-10(15)6-11(12(13)8-16)9-4-2-1-3-5-9;1-2/h1-7H;1-2H3. The van der Waals surface area contributed by atoms with Gasteiger partial charge in [0.1, 0.15) is 6.07 Å². The average Bonchev–Trinajstić information content (AvgIpc) is 2.41. The maximum absolute atomic E-state index is 9.13. The molecule has 18 heavy (non-hydrogen) atoms. The number of nitriles is 1. The molecule has 0 unspecified atom stereocenters. The number of hydrogen-bond acceptors (Lipinski definition) is 1. The lowest BCUT2D eigenvalue weighted by Gasteiger charge is -2.06. The first-order chi connectivity index (χ1) is 8.72. The Kier molecular flexibility index (Phi) is 5.91. The first kappa shape index (κ1) is 14.8. The molecule has 0 aromatic heterocycles. The molecule has 0 heterocycles. The Hall–Kier alpha value is -1.30. The van der Waals surface area contributed by atoms with Gasteiger partial charge in [-0.3, -0.25) is 0 Å². The lowest BCUT2D eigenvalue weighted by molar-refractivity contribution is 1.46. The molecule has 0 saturated carbocycles. The highest BCUT2D eigenvalue weighted by atomic mass is 79.9. The van der Waals surface area contributed by atoms with Crippen LogP contribution in [0.2, 0.25) is 5.02 Å². The van der Waals surface area contributed by atoms with Gasteiger partial charge in [-0.05, 0) is 33.6 Å². The molecule has 2 aromatic rings. The van der Waals surface area contributed by atoms with E-state index in [4.69, 9.17) is 16.9 Å². The molecule has 0 aliphatic heterocycles. The molecule has 0 aliphatic rings. The van der Waals surface area contributed by atoms with Crippen molar-refractivity contribution in [2.45, 2.75) is 13.8 Å². The molecule has 0 fully saturated rings. The maximum Gasteiger partial charge on any atom is 0.101 e. The summed E-state index contributed by atoms with van der Waals surface area (Å²) < 4.78 is 0.723. The summed E-state index contributed by atoms with van der Waals surface area (Å²) in [5, 5.41) is 9.74. The molecule has 0 radical (unpaired) electrons. The van der Waals surface area contributed by atoms with E-state index in [1.54, 1.807) is 12.1 Å². The van der Waals surface area contributed by atoms with Crippen molar-refractivity contribution in [3.05, 3.63) is 57.5 Å². The lowest BCUT2D eigenvalue weighted by Crippen LogP contribution is -1.86. The van der Waals surface area contributed by atoms with E-state index in [2.05, 4.69) is 22.0 Å². The van der Waals surface area contributed by atoms with Gasteiger partial charge >= 0.3 is 0 Å². The predicted octanol–water partition coefficient (Wildman–Crippen LogP) is 5.67. The highest BCUT2D eigenvalue weighted by Crippen LogP contribution is 2.32. The molecule has 3 heteroatoms. The van der Waals surface area contributed by atoms with Gasteiger partial charge in [0, 0.05) is 15.1 Å². The zero-order chi connectivity index (χ0) is 13.5. The third-order valence-electron chi connectivity index (χ3n) is 2.25. The number of benzene rings is 2. The van der Waals surface area contributed by atoms with Crippen molar-refractivity contribution < 1.29 is 0 Å². The van der Waals surface area contributed by atoms with E-state index in [1.165, 1.54) is 0 Å². The van der Waals surface area contributed by atoms with Crippen LogP contribution < -0.4 is 0 Å². The van der Waals surface area contributed by atoms with Gasteiger partial charge in [-0.15, -0.1) is 0 Å². The summed E-state index contributed by atoms with van der Waals surface area (Å²) in [6.07, 6.45) is 0. The Labute approximate surface area is 121 Å². The molecular formula is C15H13BrClN. The van der Waals surface area contributed by atoms with Crippen LogP contribution >= 0.6 is 27.5 Å². The van der Waals surface area contributed by atoms with Crippen molar-refractivity contribution in [1.29, 1.82) is 5.26 Å². The smallest absolute Gasteiger partial charge is 0.101 e. The SMILES string of the molecule is CC.N#Cc1c(Br)cc(Cl)cc1-c1ccccc1. The maximum atomic E-state index is 9.13. The molecule has 2 aromatic carbocycles. The van der Waals surface area contributed by atoms with E-state index in [0.29, 0.717) is 10.6 Å². The molecule has 0 amide bonds. The van der Waals surface area contributed by atoms with Gasteiger partial charge in [-0.25, -0.2) is 0 Å². The summed E-state index contributed by atoms with van der Waals surface area (Å²) in [5.41, 5.74) is 2.44. The van der Waals surface area contributed by atoms with Crippen LogP contribution in [-0.4, -0.2) is 0 Å². The fourth-order valence-electron chi connectivity index (χ4n) is 1.53. The number of rotatable bonds is 1. The minimum Gasteiger partial charge on any atom is -0.192 e. The fraction of sp³-hybridized carbons (Fsp3) is 0.133. The van der Waals surface area contributed by atoms with Gasteiger partial charge < -0.3 is 0 Å². The summed E-state index contributed by atoms with van der Waals surface area (Å²) in [5.74, 6) is 0. The van der Waals surface area contributed by atoms with Gasteiger partial charge in [-0.1, -0.05) is 55.8 Å². The van der Waals surface area contributed by atoms with Crippen molar-refractivity contribution in [1.82, 2.24) is 0 Å². The Morgan fingerprint density at radius 2 is 1.72 bits per heavy atom. The molecule has 1 nitrogen and oxygen atoms in total. The Morgan fingerprint density at radius 1 is 1.11 bits per heavy atom. The summed E-state index contributed by atoms with van der Waals surface area (Å²) in [4.78, 5) is 0. The van der Waals surface area contributed by atoms with Crippen LogP contribution in [0.1, 0.15) is 19.4 Å². The van der Waals surface area contributed by atoms with E-state index in [-0.39, 0.29) is 0 Å². The molecule has 0 bridgehead atoms. The van der Waals surface area contributed by atoms with E-state index >= 15 is 0 Å². The highest BCUT2D eigenvalue weighted by molar-refractivity contribution is 9.10. The second-order valence-corrected chi connectivity index (χ2v) is 4.58. The first-order valence-corrected chi connectivity index (χ1v) is 6.84. The van der Waals surface area contributed by atoms with Crippen molar-refractivity contribution in [3.63, 3.8) is 0 Å². The van der Waals surface area contributed by atoms with Gasteiger partial charge in [0.25, 0.3) is 0 Å². The predicted molar refractivity (Wildman–Crippen MR) is 80.7 cm³/mol. The Morgan fingerprint density at radius 3 is 2.28 bits per heavy atom. The first-order valence-electron chi connectivity index (χ1n) is 5.67. The summed E-state index contributed by atoms with van der Waals surface area (Å²) >= 11 is 9.34. The number of nitrogens with zero attached hydrogens (tertiary/aromatic N) is 1. The number of halogens is 2. The molecule has 2 rings (SSSR count). The van der Waals surface area contributed by atoms with Crippen LogP contribution in [0.5, 0.6) is 0 Å². The van der Waals surface area contributed by atoms with E-state index in [1.807, 2.05) is 44.2 Å². The largest absolute Gasteiger partial charge is 0.192 e. The molecule has 0 saturated heterocycles. The zero-order valence-electron chi connectivity index (χ0n) is 10.2. The van der Waals surface area contributed by atoms with E-state index in [0.717, 1.165) is 15.6 Å². The van der Waals surface area contributed by atoms with Crippen LogP contribution in [0.3, 0.4) is 0 Å². The van der Waals surface area contributed by atoms with E-state index in [9.17, 15) is 0 Å². The second-order valence-electron chi connectivity index (χ2n) is 3.29. The Bertz CT molecular complexity index is 559. The minimum absolute atomic E-state index is 0.607. The molecule has 0 atom stereocenters. The van der Waals surface area contributed by atoms with Crippen LogP contribution in [-0.2, 0) is 0 Å². The molecule has 92 valence electrons. The zero-order valence-corrected chi connectivity index (χ0v) is 12.6. The monoisotopic (exact) mass is 321 g/mol. The van der Waals surface area contributed by atoms with Crippen molar-refractivity contribution in [2.75, 3.05) is 0 Å². The van der Waals surface area contributed by atoms with Gasteiger partial charge in [0.15, 0.2) is 0 Å². The molecular weight excluding hydrogens is 310 g/mol. The van der Waals surface area contributed by atoms with Crippen LogP contribution in [0.25, 0.3) is 11.1 Å². The van der Waals surface area contributed by atoms with Crippen molar-refractivity contribution in [3.8, 4) is 17.2 Å². The van der Waals surface area contributed by atoms with Crippen LogP contribution in [0.15, 0.2) is 46.9 Å². The van der Waals surface area contributed by atoms with Crippen molar-refractivity contribution in [2.24, 2.45) is 0 Å². The summed E-state index contributed by atoms with van der Waals surface area (Å²) in [6.45, 7) is 4.00. The average molecular weight is 323 g/mol. The summed E-state index contributed by atoms with van der Waals surface area (Å²) in [6, 6.07) is 15.4. The van der Waals surface area contributed by atoms with Gasteiger partial charge in [0.05, 0.1) is 5.56 Å².